The van der Waals surface area contributed by atoms with E-state index in [1.807, 2.05) is 6.92 Å². The van der Waals surface area contributed by atoms with Gasteiger partial charge in [0.15, 0.2) is 5.84 Å². The van der Waals surface area contributed by atoms with E-state index in [1.54, 1.807) is 13.1 Å². The lowest BCUT2D eigenvalue weighted by Crippen LogP contribution is -2.31. The van der Waals surface area contributed by atoms with Crippen LogP contribution in [0.5, 0.6) is 0 Å². The number of nitrogens with one attached hydrogen (secondary N) is 2. The Morgan fingerprint density at radius 3 is 2.57 bits per heavy atom. The van der Waals surface area contributed by atoms with Crippen LogP contribution in [0.1, 0.15) is 6.92 Å². The van der Waals surface area contributed by atoms with Crippen molar-refractivity contribution in [3.63, 3.8) is 0 Å². The third kappa shape index (κ3) is 5.09. The van der Waals surface area contributed by atoms with Gasteiger partial charge in [-0.25, -0.2) is 0 Å². The highest BCUT2D eigenvalue weighted by Gasteiger charge is 1.96. The molecule has 0 aliphatic rings. The zero-order chi connectivity index (χ0) is 10.8. The Morgan fingerprint density at radius 2 is 2.14 bits per heavy atom. The Bertz CT molecular complexity index is 222. The second-order valence-corrected chi connectivity index (χ2v) is 2.27. The summed E-state index contributed by atoms with van der Waals surface area (Å²) in [6.45, 7) is 3.07. The van der Waals surface area contributed by atoms with Crippen LogP contribution >= 0.6 is 0 Å². The predicted molar refractivity (Wildman–Crippen MR) is 56.4 cm³/mol. The van der Waals surface area contributed by atoms with Crippen molar-refractivity contribution in [3.05, 3.63) is 11.9 Å². The minimum atomic E-state index is 0.329. The Morgan fingerprint density at radius 1 is 1.43 bits per heavy atom. The van der Waals surface area contributed by atoms with E-state index in [9.17, 15) is 0 Å². The van der Waals surface area contributed by atoms with Crippen molar-refractivity contribution < 1.29 is 0 Å². The molecule has 0 saturated heterocycles. The van der Waals surface area contributed by atoms with Crippen molar-refractivity contribution in [1.82, 2.24) is 10.6 Å². The molecule has 0 rings (SSSR count). The second-order valence-electron chi connectivity index (χ2n) is 2.27. The Hall–Kier alpha value is -1.63. The summed E-state index contributed by atoms with van der Waals surface area (Å²) in [7, 11) is 1.60. The van der Waals surface area contributed by atoms with Crippen LogP contribution < -0.4 is 22.2 Å². The number of hydrogen-bond acceptors (Lipinski definition) is 5. The maximum atomic E-state index is 5.34. The Balaban J connectivity index is 4.51. The third-order valence-corrected chi connectivity index (χ3v) is 1.32. The number of nitrogens with two attached hydrogens (primary N) is 2. The SMILES string of the molecule is CCN/C(=C\C(N=NN)=NC)NCN. The number of rotatable bonds is 5. The molecule has 0 aliphatic heterocycles. The van der Waals surface area contributed by atoms with Gasteiger partial charge in [-0.2, -0.15) is 0 Å². The maximum absolute atomic E-state index is 5.34. The van der Waals surface area contributed by atoms with E-state index in [0.717, 1.165) is 12.4 Å². The predicted octanol–water partition coefficient (Wildman–Crippen LogP) is -0.703. The molecule has 0 atom stereocenters. The average Bonchev–Trinajstić information content (AvgIpc) is 2.18. The molecule has 0 aromatic rings. The topological polar surface area (TPSA) is 113 Å². The summed E-state index contributed by atoms with van der Waals surface area (Å²) in [4.78, 5) is 3.86. The molecular weight excluding hydrogens is 182 g/mol. The first kappa shape index (κ1) is 12.4. The molecule has 14 heavy (non-hydrogen) atoms. The number of amidine groups is 1. The Kier molecular flexibility index (Phi) is 7.06. The molecule has 6 N–H and O–H groups in total. The minimum absolute atomic E-state index is 0.329. The van der Waals surface area contributed by atoms with Gasteiger partial charge in [-0.15, -0.1) is 5.11 Å². The van der Waals surface area contributed by atoms with Crippen LogP contribution in [0.3, 0.4) is 0 Å². The van der Waals surface area contributed by atoms with Crippen LogP contribution in [-0.2, 0) is 0 Å². The number of aliphatic imine (C=N–C) groups is 1. The Labute approximate surface area is 83.3 Å². The largest absolute Gasteiger partial charge is 0.372 e. The standard InChI is InChI=1S/C7H17N7/c1-3-11-7(12-5-8)4-6(10-2)13-14-9/h4,11-12H,3,5,8H2,1-2H3,(H2,9,10,13)/b7-4+. The summed E-state index contributed by atoms with van der Waals surface area (Å²) in [5, 5.41) is 12.7. The van der Waals surface area contributed by atoms with E-state index < -0.39 is 0 Å². The summed E-state index contributed by atoms with van der Waals surface area (Å²) in [6.07, 6.45) is 1.67. The molecule has 0 aromatic heterocycles. The van der Waals surface area contributed by atoms with Crippen molar-refractivity contribution in [3.8, 4) is 0 Å². The van der Waals surface area contributed by atoms with Crippen LogP contribution in [0, 0.1) is 0 Å². The molecule has 0 bridgehead atoms. The smallest absolute Gasteiger partial charge is 0.174 e. The summed E-state index contributed by atoms with van der Waals surface area (Å²) in [5.74, 6) is 6.07. The molecule has 0 radical (unpaired) electrons. The fourth-order valence-corrected chi connectivity index (χ4v) is 0.791. The zero-order valence-electron chi connectivity index (χ0n) is 8.49. The number of hydrogen-bond donors (Lipinski definition) is 4. The highest BCUT2D eigenvalue weighted by molar-refractivity contribution is 5.93. The van der Waals surface area contributed by atoms with E-state index in [0.29, 0.717) is 12.5 Å². The fraction of sp³-hybridized carbons (Fsp3) is 0.571. The van der Waals surface area contributed by atoms with Gasteiger partial charge in [0.2, 0.25) is 0 Å². The van der Waals surface area contributed by atoms with Crippen LogP contribution in [0.15, 0.2) is 27.2 Å². The maximum Gasteiger partial charge on any atom is 0.174 e. The first-order valence-electron chi connectivity index (χ1n) is 4.25. The monoisotopic (exact) mass is 199 g/mol. The molecule has 0 saturated carbocycles. The molecule has 0 amide bonds. The van der Waals surface area contributed by atoms with Gasteiger partial charge in [0.1, 0.15) is 5.82 Å². The molecule has 0 spiro atoms. The fourth-order valence-electron chi connectivity index (χ4n) is 0.791. The average molecular weight is 199 g/mol. The lowest BCUT2D eigenvalue weighted by Gasteiger charge is -2.09. The zero-order valence-corrected chi connectivity index (χ0v) is 8.49. The summed E-state index contributed by atoms with van der Waals surface area (Å²) in [6, 6.07) is 0. The lowest BCUT2D eigenvalue weighted by atomic mass is 10.5. The van der Waals surface area contributed by atoms with Gasteiger partial charge in [-0.1, -0.05) is 5.22 Å². The van der Waals surface area contributed by atoms with E-state index >= 15 is 0 Å². The van der Waals surface area contributed by atoms with Gasteiger partial charge in [-0.05, 0) is 6.92 Å². The lowest BCUT2D eigenvalue weighted by molar-refractivity contribution is 0.711. The third-order valence-electron chi connectivity index (χ3n) is 1.32. The molecule has 0 unspecified atom stereocenters. The summed E-state index contributed by atoms with van der Waals surface area (Å²) in [5.41, 5.74) is 5.34. The van der Waals surface area contributed by atoms with E-state index in [4.69, 9.17) is 11.6 Å². The molecule has 7 heteroatoms. The van der Waals surface area contributed by atoms with Crippen molar-refractivity contribution >= 4 is 5.84 Å². The van der Waals surface area contributed by atoms with Crippen LogP contribution in [-0.4, -0.2) is 26.1 Å². The molecule has 0 aromatic carbocycles. The quantitative estimate of drug-likeness (QED) is 0.117. The summed E-state index contributed by atoms with van der Waals surface area (Å²) < 4.78 is 0. The van der Waals surface area contributed by atoms with Gasteiger partial charge in [0.25, 0.3) is 0 Å². The molecule has 0 fully saturated rings. The van der Waals surface area contributed by atoms with Crippen LogP contribution in [0.2, 0.25) is 0 Å². The minimum Gasteiger partial charge on any atom is -0.372 e. The molecular formula is C7H17N7. The molecule has 0 aliphatic carbocycles. The van der Waals surface area contributed by atoms with Crippen molar-refractivity contribution in [1.29, 1.82) is 0 Å². The van der Waals surface area contributed by atoms with E-state index in [1.165, 1.54) is 0 Å². The first-order chi connectivity index (χ1) is 6.78. The number of nitrogens with zero attached hydrogens (tertiary/aromatic N) is 3. The van der Waals surface area contributed by atoms with Gasteiger partial charge >= 0.3 is 0 Å². The van der Waals surface area contributed by atoms with Gasteiger partial charge in [0.05, 0.1) is 6.67 Å². The second kappa shape index (κ2) is 7.99. The molecule has 0 heterocycles. The van der Waals surface area contributed by atoms with E-state index in [-0.39, 0.29) is 0 Å². The van der Waals surface area contributed by atoms with Crippen LogP contribution in [0.4, 0.5) is 0 Å². The van der Waals surface area contributed by atoms with E-state index in [2.05, 4.69) is 26.0 Å². The van der Waals surface area contributed by atoms with Crippen molar-refractivity contribution in [2.24, 2.45) is 26.9 Å². The van der Waals surface area contributed by atoms with Crippen LogP contribution in [0.25, 0.3) is 0 Å². The first-order valence-corrected chi connectivity index (χ1v) is 4.25. The van der Waals surface area contributed by atoms with Crippen molar-refractivity contribution in [2.75, 3.05) is 20.3 Å². The van der Waals surface area contributed by atoms with Gasteiger partial charge < -0.3 is 22.2 Å². The van der Waals surface area contributed by atoms with Gasteiger partial charge in [-0.3, -0.25) is 4.99 Å². The highest BCUT2D eigenvalue weighted by Crippen LogP contribution is 1.88. The highest BCUT2D eigenvalue weighted by atomic mass is 15.3. The summed E-state index contributed by atoms with van der Waals surface area (Å²) >= 11 is 0. The normalized spacial score (nSPS) is 13.4. The molecule has 7 nitrogen and oxygen atoms in total. The molecule has 80 valence electrons. The van der Waals surface area contributed by atoms with Gasteiger partial charge in [0, 0.05) is 19.7 Å². The van der Waals surface area contributed by atoms with Crippen molar-refractivity contribution in [2.45, 2.75) is 6.92 Å².